The van der Waals surface area contributed by atoms with Crippen LogP contribution >= 0.6 is 11.3 Å². The van der Waals surface area contributed by atoms with E-state index in [1.54, 1.807) is 0 Å². The second-order valence-electron chi connectivity index (χ2n) is 11.1. The highest BCUT2D eigenvalue weighted by Gasteiger charge is 2.31. The smallest absolute Gasteiger partial charge is 0.405 e. The summed E-state index contributed by atoms with van der Waals surface area (Å²) in [5.74, 6) is -2.01. The number of ether oxygens (including phenoxy) is 3. The molecule has 0 unspecified atom stereocenters. The predicted molar refractivity (Wildman–Crippen MR) is 147 cm³/mol. The van der Waals surface area contributed by atoms with Crippen molar-refractivity contribution in [3.05, 3.63) is 64.2 Å². The molecule has 1 aliphatic rings. The monoisotopic (exact) mass is 609 g/mol. The largest absolute Gasteiger partial charge is 0.489 e. The summed E-state index contributed by atoms with van der Waals surface area (Å²) in [7, 11) is 0. The molecule has 1 fully saturated rings. The van der Waals surface area contributed by atoms with Crippen molar-refractivity contribution in [2.45, 2.75) is 59.3 Å². The lowest BCUT2D eigenvalue weighted by atomic mass is 9.88. The van der Waals surface area contributed by atoms with Crippen molar-refractivity contribution in [3.8, 4) is 22.1 Å². The predicted octanol–water partition coefficient (Wildman–Crippen LogP) is 6.98. The van der Waals surface area contributed by atoms with Gasteiger partial charge in [-0.3, -0.25) is 4.79 Å². The number of amides is 2. The van der Waals surface area contributed by atoms with Crippen LogP contribution in [0.25, 0.3) is 10.6 Å². The van der Waals surface area contributed by atoms with Crippen molar-refractivity contribution in [2.24, 2.45) is 17.1 Å². The van der Waals surface area contributed by atoms with E-state index in [2.05, 4.69) is 15.0 Å². The number of alkyl halides is 2. The molecule has 1 saturated carbocycles. The molecule has 0 radical (unpaired) electrons. The molecule has 0 aliphatic heterocycles. The number of thiazole rings is 1. The van der Waals surface area contributed by atoms with Crippen molar-refractivity contribution < 1.29 is 41.4 Å². The van der Waals surface area contributed by atoms with E-state index < -0.39 is 36.4 Å². The molecule has 2 amide bonds. The number of nitrogens with zero attached hydrogens (tertiary/aromatic N) is 1. The molecule has 42 heavy (non-hydrogen) atoms. The van der Waals surface area contributed by atoms with Gasteiger partial charge in [-0.1, -0.05) is 26.8 Å². The Labute approximate surface area is 244 Å². The van der Waals surface area contributed by atoms with Crippen LogP contribution in [0.5, 0.6) is 11.5 Å². The summed E-state index contributed by atoms with van der Waals surface area (Å²) < 4.78 is 69.3. The van der Waals surface area contributed by atoms with E-state index in [1.165, 1.54) is 24.3 Å². The summed E-state index contributed by atoms with van der Waals surface area (Å²) in [5, 5.41) is 2.88. The van der Waals surface area contributed by atoms with Crippen LogP contribution in [0.2, 0.25) is 0 Å². The number of carbonyl (C=O) groups excluding carboxylic acids is 2. The van der Waals surface area contributed by atoms with Crippen molar-refractivity contribution >= 4 is 23.3 Å². The molecule has 4 rings (SSSR count). The van der Waals surface area contributed by atoms with E-state index in [1.807, 2.05) is 20.8 Å². The fourth-order valence-corrected chi connectivity index (χ4v) is 5.17. The van der Waals surface area contributed by atoms with Gasteiger partial charge in [-0.2, -0.15) is 8.78 Å². The minimum Gasteiger partial charge on any atom is -0.489 e. The van der Waals surface area contributed by atoms with Crippen LogP contribution in [0.15, 0.2) is 36.4 Å². The lowest BCUT2D eigenvalue weighted by Crippen LogP contribution is -2.27. The molecule has 0 bridgehead atoms. The van der Waals surface area contributed by atoms with E-state index in [0.717, 1.165) is 30.2 Å². The first-order valence-electron chi connectivity index (χ1n) is 13.2. The third-order valence-corrected chi connectivity index (χ3v) is 7.45. The number of aromatic nitrogens is 1. The number of carbonyl (C=O) groups is 2. The Morgan fingerprint density at radius 3 is 2.48 bits per heavy atom. The molecule has 0 saturated heterocycles. The Bertz CT molecular complexity index is 1440. The summed E-state index contributed by atoms with van der Waals surface area (Å²) >= 11 is 1.05. The molecule has 1 atom stereocenters. The number of rotatable bonds is 12. The van der Waals surface area contributed by atoms with E-state index in [9.17, 15) is 27.2 Å². The fourth-order valence-electron chi connectivity index (χ4n) is 4.08. The van der Waals surface area contributed by atoms with E-state index in [0.29, 0.717) is 29.2 Å². The van der Waals surface area contributed by atoms with Crippen molar-refractivity contribution in [3.63, 3.8) is 0 Å². The first-order valence-corrected chi connectivity index (χ1v) is 14.0. The summed E-state index contributed by atoms with van der Waals surface area (Å²) in [6.45, 7) is 2.74. The third kappa shape index (κ3) is 8.57. The zero-order valence-electron chi connectivity index (χ0n) is 23.2. The molecule has 1 heterocycles. The maximum Gasteiger partial charge on any atom is 0.405 e. The standard InChI is InChI=1S/C29H31F4N3O5S/c1-29(2,3)12-22(41-28(34)38)24-23(25(37)35-13-17-6-8-18(30)11-19(17)31)36-26(42-24)16-7-9-20(40-27(32)33)21(10-16)39-14-15-4-5-15/h6-11,15,22,27H,4-5,12-14H2,1-3H3,(H2,34,38)(H,35,37)/t22-/m0/s1. The maximum atomic E-state index is 14.2. The van der Waals surface area contributed by atoms with Gasteiger partial charge in [0.1, 0.15) is 28.4 Å². The van der Waals surface area contributed by atoms with E-state index >= 15 is 0 Å². The highest BCUT2D eigenvalue weighted by atomic mass is 32.1. The summed E-state index contributed by atoms with van der Waals surface area (Å²) in [5.41, 5.74) is 5.38. The van der Waals surface area contributed by atoms with Crippen molar-refractivity contribution in [1.29, 1.82) is 0 Å². The van der Waals surface area contributed by atoms with Crippen LogP contribution in [0.4, 0.5) is 22.4 Å². The number of nitrogens with one attached hydrogen (secondary N) is 1. The molecular formula is C29H31F4N3O5S. The minimum atomic E-state index is -3.06. The molecule has 8 nitrogen and oxygen atoms in total. The number of halogens is 4. The fraction of sp³-hybridized carbons (Fsp3) is 0.414. The molecule has 2 aromatic carbocycles. The lowest BCUT2D eigenvalue weighted by molar-refractivity contribution is -0.0515. The topological polar surface area (TPSA) is 113 Å². The Morgan fingerprint density at radius 2 is 1.86 bits per heavy atom. The Hall–Kier alpha value is -3.87. The minimum absolute atomic E-state index is 0.0495. The molecule has 3 N–H and O–H groups in total. The number of nitrogens with two attached hydrogens (primary N) is 1. The average Bonchev–Trinajstić information content (AvgIpc) is 3.61. The van der Waals surface area contributed by atoms with Crippen molar-refractivity contribution in [1.82, 2.24) is 10.3 Å². The van der Waals surface area contributed by atoms with Gasteiger partial charge in [0.2, 0.25) is 0 Å². The Morgan fingerprint density at radius 1 is 1.12 bits per heavy atom. The van der Waals surface area contributed by atoms with Gasteiger partial charge in [-0.05, 0) is 54.9 Å². The molecule has 13 heteroatoms. The van der Waals surface area contributed by atoms with Gasteiger partial charge in [0.05, 0.1) is 11.5 Å². The average molecular weight is 610 g/mol. The van der Waals surface area contributed by atoms with Crippen LogP contribution in [0, 0.1) is 23.0 Å². The van der Waals surface area contributed by atoms with E-state index in [4.69, 9.17) is 15.2 Å². The van der Waals surface area contributed by atoms with Crippen LogP contribution < -0.4 is 20.5 Å². The number of benzene rings is 2. The zero-order chi connectivity index (χ0) is 30.6. The van der Waals surface area contributed by atoms with Crippen LogP contribution in [0.3, 0.4) is 0 Å². The van der Waals surface area contributed by atoms with Gasteiger partial charge in [-0.25, -0.2) is 18.6 Å². The molecule has 1 aliphatic carbocycles. The lowest BCUT2D eigenvalue weighted by Gasteiger charge is -2.25. The molecule has 3 aromatic rings. The van der Waals surface area contributed by atoms with Gasteiger partial charge < -0.3 is 25.3 Å². The Balaban J connectivity index is 1.72. The molecule has 1 aromatic heterocycles. The second-order valence-corrected chi connectivity index (χ2v) is 12.2. The normalized spacial score (nSPS) is 14.0. The second kappa shape index (κ2) is 13.0. The van der Waals surface area contributed by atoms with E-state index in [-0.39, 0.29) is 46.0 Å². The third-order valence-electron chi connectivity index (χ3n) is 6.25. The van der Waals surface area contributed by atoms with Crippen molar-refractivity contribution in [2.75, 3.05) is 6.61 Å². The van der Waals surface area contributed by atoms with Gasteiger partial charge >= 0.3 is 12.7 Å². The first kappa shape index (κ1) is 31.1. The first-order chi connectivity index (χ1) is 19.8. The molecule has 0 spiro atoms. The molecular weight excluding hydrogens is 578 g/mol. The summed E-state index contributed by atoms with van der Waals surface area (Å²) in [6.07, 6.45) is 0.236. The summed E-state index contributed by atoms with van der Waals surface area (Å²) in [6, 6.07) is 7.30. The Kier molecular flexibility index (Phi) is 9.60. The SMILES string of the molecule is CC(C)(C)C[C@H](OC(N)=O)c1sc(-c2ccc(OC(F)F)c(OCC3CC3)c2)nc1C(=O)NCc1ccc(F)cc1F. The number of hydrogen-bond acceptors (Lipinski definition) is 7. The highest BCUT2D eigenvalue weighted by Crippen LogP contribution is 2.42. The van der Waals surface area contributed by atoms with Gasteiger partial charge in [-0.15, -0.1) is 11.3 Å². The summed E-state index contributed by atoms with van der Waals surface area (Å²) in [4.78, 5) is 30.0. The van der Waals surface area contributed by atoms with Gasteiger partial charge in [0, 0.05) is 23.7 Å². The quantitative estimate of drug-likeness (QED) is 0.214. The number of primary amides is 1. The van der Waals surface area contributed by atoms with Gasteiger partial charge in [0.15, 0.2) is 11.5 Å². The van der Waals surface area contributed by atoms with Crippen LogP contribution in [0.1, 0.15) is 67.1 Å². The zero-order valence-corrected chi connectivity index (χ0v) is 24.0. The van der Waals surface area contributed by atoms with Crippen LogP contribution in [-0.4, -0.2) is 30.2 Å². The molecule has 226 valence electrons. The maximum absolute atomic E-state index is 14.2. The van der Waals surface area contributed by atoms with Crippen LogP contribution in [-0.2, 0) is 11.3 Å². The van der Waals surface area contributed by atoms with Gasteiger partial charge in [0.25, 0.3) is 5.91 Å². The number of hydrogen-bond donors (Lipinski definition) is 2. The highest BCUT2D eigenvalue weighted by molar-refractivity contribution is 7.15.